The van der Waals surface area contributed by atoms with Crippen molar-refractivity contribution < 1.29 is 14.6 Å². The molecule has 1 aliphatic rings. The van der Waals surface area contributed by atoms with Crippen molar-refractivity contribution in [1.82, 2.24) is 4.90 Å². The highest BCUT2D eigenvalue weighted by Gasteiger charge is 2.30. The number of aliphatic hydroxyl groups excluding tert-OH is 1. The van der Waals surface area contributed by atoms with Gasteiger partial charge in [-0.1, -0.05) is 30.3 Å². The fraction of sp³-hybridized carbons (Fsp3) is 0.278. The van der Waals surface area contributed by atoms with Crippen molar-refractivity contribution in [2.75, 3.05) is 13.2 Å². The molecule has 1 unspecified atom stereocenters. The summed E-state index contributed by atoms with van der Waals surface area (Å²) in [6.07, 6.45) is 1.78. The first kappa shape index (κ1) is 14.6. The first-order valence-electron chi connectivity index (χ1n) is 7.53. The molecular formula is C18H19NO3. The predicted octanol–water partition coefficient (Wildman–Crippen LogP) is 3.08. The van der Waals surface area contributed by atoms with Gasteiger partial charge in [0.25, 0.3) is 5.91 Å². The highest BCUT2D eigenvalue weighted by Crippen LogP contribution is 2.28. The van der Waals surface area contributed by atoms with Crippen LogP contribution in [-0.2, 0) is 0 Å². The summed E-state index contributed by atoms with van der Waals surface area (Å²) in [6.45, 7) is 0.692. The number of nitrogens with zero attached hydrogens (tertiary/aromatic N) is 1. The smallest absolute Gasteiger partial charge is 0.257 e. The quantitative estimate of drug-likeness (QED) is 0.943. The van der Waals surface area contributed by atoms with Crippen molar-refractivity contribution in [2.45, 2.75) is 18.9 Å². The van der Waals surface area contributed by atoms with Gasteiger partial charge in [-0.3, -0.25) is 4.79 Å². The Morgan fingerprint density at radius 1 is 1.14 bits per heavy atom. The average molecular weight is 297 g/mol. The normalized spacial score (nSPS) is 17.5. The lowest BCUT2D eigenvalue weighted by atomic mass is 10.1. The number of carbonyl (C=O) groups excluding carboxylic acids is 1. The molecule has 0 bridgehead atoms. The zero-order valence-corrected chi connectivity index (χ0v) is 12.3. The number of rotatable bonds is 4. The third kappa shape index (κ3) is 2.97. The monoisotopic (exact) mass is 297 g/mol. The molecule has 1 amide bonds. The molecule has 0 aromatic heterocycles. The molecule has 2 aromatic carbocycles. The van der Waals surface area contributed by atoms with Crippen LogP contribution in [0, 0.1) is 0 Å². The highest BCUT2D eigenvalue weighted by molar-refractivity contribution is 5.97. The summed E-state index contributed by atoms with van der Waals surface area (Å²) in [5.74, 6) is 1.16. The van der Waals surface area contributed by atoms with Gasteiger partial charge in [-0.25, -0.2) is 0 Å². The minimum Gasteiger partial charge on any atom is -0.457 e. The third-order valence-corrected chi connectivity index (χ3v) is 3.94. The topological polar surface area (TPSA) is 49.8 Å². The highest BCUT2D eigenvalue weighted by atomic mass is 16.5. The Morgan fingerprint density at radius 2 is 1.86 bits per heavy atom. The van der Waals surface area contributed by atoms with E-state index in [0.717, 1.165) is 12.8 Å². The minimum absolute atomic E-state index is 0.00739. The summed E-state index contributed by atoms with van der Waals surface area (Å²) < 4.78 is 5.85. The average Bonchev–Trinajstić information content (AvgIpc) is 3.04. The van der Waals surface area contributed by atoms with Crippen LogP contribution in [0.15, 0.2) is 54.6 Å². The molecule has 3 rings (SSSR count). The van der Waals surface area contributed by atoms with Crippen molar-refractivity contribution >= 4 is 5.91 Å². The van der Waals surface area contributed by atoms with Crippen LogP contribution in [0.4, 0.5) is 0 Å². The van der Waals surface area contributed by atoms with Gasteiger partial charge < -0.3 is 14.7 Å². The van der Waals surface area contributed by atoms with Crippen LogP contribution in [0.1, 0.15) is 23.2 Å². The molecule has 4 heteroatoms. The lowest BCUT2D eigenvalue weighted by molar-refractivity contribution is 0.0675. The molecule has 114 valence electrons. The van der Waals surface area contributed by atoms with Crippen LogP contribution < -0.4 is 4.74 Å². The first-order valence-corrected chi connectivity index (χ1v) is 7.53. The second-order valence-corrected chi connectivity index (χ2v) is 5.39. The first-order chi connectivity index (χ1) is 10.8. The van der Waals surface area contributed by atoms with Gasteiger partial charge in [-0.2, -0.15) is 0 Å². The van der Waals surface area contributed by atoms with Gasteiger partial charge >= 0.3 is 0 Å². The van der Waals surface area contributed by atoms with E-state index in [1.54, 1.807) is 17.0 Å². The number of likely N-dealkylation sites (tertiary alicyclic amines) is 1. The molecule has 2 aromatic rings. The Bertz CT molecular complexity index is 642. The van der Waals surface area contributed by atoms with E-state index in [0.29, 0.717) is 23.6 Å². The van der Waals surface area contributed by atoms with Crippen LogP contribution >= 0.6 is 0 Å². The summed E-state index contributed by atoms with van der Waals surface area (Å²) in [5, 5.41) is 9.41. The van der Waals surface area contributed by atoms with Crippen molar-refractivity contribution in [1.29, 1.82) is 0 Å². The molecule has 1 saturated heterocycles. The minimum atomic E-state index is -0.0859. The molecule has 4 nitrogen and oxygen atoms in total. The van der Waals surface area contributed by atoms with Crippen molar-refractivity contribution in [3.8, 4) is 11.5 Å². The molecule has 22 heavy (non-hydrogen) atoms. The van der Waals surface area contributed by atoms with Crippen LogP contribution in [0.3, 0.4) is 0 Å². The molecule has 1 heterocycles. The van der Waals surface area contributed by atoms with E-state index in [1.165, 1.54) is 0 Å². The van der Waals surface area contributed by atoms with E-state index >= 15 is 0 Å². The van der Waals surface area contributed by atoms with E-state index < -0.39 is 0 Å². The largest absolute Gasteiger partial charge is 0.457 e. The fourth-order valence-corrected chi connectivity index (χ4v) is 2.80. The van der Waals surface area contributed by atoms with Crippen LogP contribution in [0.5, 0.6) is 11.5 Å². The molecule has 0 saturated carbocycles. The van der Waals surface area contributed by atoms with E-state index in [2.05, 4.69) is 0 Å². The summed E-state index contributed by atoms with van der Waals surface area (Å²) >= 11 is 0. The second kappa shape index (κ2) is 6.62. The van der Waals surface area contributed by atoms with E-state index in [-0.39, 0.29) is 18.6 Å². The summed E-state index contributed by atoms with van der Waals surface area (Å²) in [4.78, 5) is 14.5. The fourth-order valence-electron chi connectivity index (χ4n) is 2.80. The molecular weight excluding hydrogens is 278 g/mol. The molecule has 1 aliphatic heterocycles. The van der Waals surface area contributed by atoms with E-state index in [9.17, 15) is 9.90 Å². The van der Waals surface area contributed by atoms with Crippen LogP contribution in [-0.4, -0.2) is 35.1 Å². The molecule has 0 radical (unpaired) electrons. The van der Waals surface area contributed by atoms with Gasteiger partial charge in [0.2, 0.25) is 0 Å². The Morgan fingerprint density at radius 3 is 2.64 bits per heavy atom. The number of carbonyl (C=O) groups is 1. The van der Waals surface area contributed by atoms with E-state index in [4.69, 9.17) is 4.74 Å². The maximum absolute atomic E-state index is 12.8. The zero-order valence-electron chi connectivity index (χ0n) is 12.3. The summed E-state index contributed by atoms with van der Waals surface area (Å²) in [6, 6.07) is 16.6. The summed E-state index contributed by atoms with van der Waals surface area (Å²) in [5.41, 5.74) is 0.534. The van der Waals surface area contributed by atoms with E-state index in [1.807, 2.05) is 42.5 Å². The Labute approximate surface area is 130 Å². The van der Waals surface area contributed by atoms with Crippen LogP contribution in [0.2, 0.25) is 0 Å². The maximum atomic E-state index is 12.8. The Hall–Kier alpha value is -2.33. The van der Waals surface area contributed by atoms with Crippen LogP contribution in [0.25, 0.3) is 0 Å². The number of benzene rings is 2. The molecule has 1 fully saturated rings. The Kier molecular flexibility index (Phi) is 4.39. The Balaban J connectivity index is 1.86. The van der Waals surface area contributed by atoms with Gasteiger partial charge in [0.1, 0.15) is 11.5 Å². The number of hydrogen-bond donors (Lipinski definition) is 1. The van der Waals surface area contributed by atoms with Gasteiger partial charge in [0.15, 0.2) is 0 Å². The number of aliphatic hydroxyl groups is 1. The van der Waals surface area contributed by atoms with Crippen molar-refractivity contribution in [2.24, 2.45) is 0 Å². The number of ether oxygens (including phenoxy) is 1. The number of hydrogen-bond acceptors (Lipinski definition) is 3. The number of amides is 1. The maximum Gasteiger partial charge on any atom is 0.257 e. The summed E-state index contributed by atoms with van der Waals surface area (Å²) in [7, 11) is 0. The molecule has 0 spiro atoms. The lowest BCUT2D eigenvalue weighted by Gasteiger charge is -2.24. The zero-order chi connectivity index (χ0) is 15.4. The third-order valence-electron chi connectivity index (χ3n) is 3.94. The molecule has 1 atom stereocenters. The van der Waals surface area contributed by atoms with Gasteiger partial charge in [0.05, 0.1) is 18.2 Å². The second-order valence-electron chi connectivity index (χ2n) is 5.39. The number of para-hydroxylation sites is 2. The predicted molar refractivity (Wildman–Crippen MR) is 84.1 cm³/mol. The lowest BCUT2D eigenvalue weighted by Crippen LogP contribution is -2.37. The van der Waals surface area contributed by atoms with Crippen molar-refractivity contribution in [3.63, 3.8) is 0 Å². The van der Waals surface area contributed by atoms with Gasteiger partial charge in [0, 0.05) is 6.54 Å². The molecule has 1 N–H and O–H groups in total. The standard InChI is InChI=1S/C18H19NO3/c20-13-14-7-6-12-19(14)18(21)16-10-4-5-11-17(16)22-15-8-2-1-3-9-15/h1-5,8-11,14,20H,6-7,12-13H2. The molecule has 0 aliphatic carbocycles. The van der Waals surface area contributed by atoms with Gasteiger partial charge in [-0.15, -0.1) is 0 Å². The van der Waals surface area contributed by atoms with Crippen molar-refractivity contribution in [3.05, 3.63) is 60.2 Å². The SMILES string of the molecule is O=C(c1ccccc1Oc1ccccc1)N1CCCC1CO. The van der Waals surface area contributed by atoms with Gasteiger partial charge in [-0.05, 0) is 37.1 Å².